The van der Waals surface area contributed by atoms with E-state index in [0.717, 1.165) is 12.8 Å². The molecule has 0 bridgehead atoms. The summed E-state index contributed by atoms with van der Waals surface area (Å²) in [6.07, 6.45) is 2.46. The van der Waals surface area contributed by atoms with E-state index in [9.17, 15) is 14.4 Å². The molecule has 0 aromatic carbocycles. The van der Waals surface area contributed by atoms with Crippen LogP contribution in [0.25, 0.3) is 0 Å². The number of piperidine rings is 1. The first-order valence-corrected chi connectivity index (χ1v) is 6.39. The number of rotatable bonds is 4. The van der Waals surface area contributed by atoms with Crippen LogP contribution >= 0.6 is 0 Å². The first-order valence-electron chi connectivity index (χ1n) is 6.39. The average molecular weight is 271 g/mol. The van der Waals surface area contributed by atoms with E-state index in [0.29, 0.717) is 13.0 Å². The number of carboxylic acids is 1. The Balaban J connectivity index is 2.65. The molecule has 108 valence electrons. The van der Waals surface area contributed by atoms with Crippen LogP contribution < -0.4 is 5.32 Å². The van der Waals surface area contributed by atoms with Crippen molar-refractivity contribution in [3.05, 3.63) is 0 Å². The molecule has 3 amide bonds. The molecule has 0 spiro atoms. The maximum absolute atomic E-state index is 12.2. The lowest BCUT2D eigenvalue weighted by Crippen LogP contribution is -2.51. The Hall–Kier alpha value is -1.79. The second-order valence-corrected chi connectivity index (χ2v) is 4.75. The molecule has 1 unspecified atom stereocenters. The maximum Gasteiger partial charge on any atom is 0.320 e. The number of nitrogens with zero attached hydrogens (tertiary/aromatic N) is 2. The van der Waals surface area contributed by atoms with Gasteiger partial charge in [-0.3, -0.25) is 9.59 Å². The number of urea groups is 1. The molecular formula is C12H21N3O4. The number of carboxylic acid groups (broad SMARTS) is 1. The zero-order valence-electron chi connectivity index (χ0n) is 11.4. The van der Waals surface area contributed by atoms with Gasteiger partial charge in [0.15, 0.2) is 0 Å². The van der Waals surface area contributed by atoms with Crippen LogP contribution in [0.3, 0.4) is 0 Å². The lowest BCUT2D eigenvalue weighted by Gasteiger charge is -2.37. The normalized spacial score (nSPS) is 18.8. The Morgan fingerprint density at radius 1 is 1.37 bits per heavy atom. The second-order valence-electron chi connectivity index (χ2n) is 4.75. The number of likely N-dealkylation sites (tertiary alicyclic amines) is 1. The van der Waals surface area contributed by atoms with Crippen molar-refractivity contribution in [3.8, 4) is 0 Å². The maximum atomic E-state index is 12.2. The number of hydrogen-bond donors (Lipinski definition) is 2. The first-order chi connectivity index (χ1) is 8.95. The zero-order chi connectivity index (χ0) is 14.4. The van der Waals surface area contributed by atoms with Crippen molar-refractivity contribution >= 4 is 17.9 Å². The summed E-state index contributed by atoms with van der Waals surface area (Å²) in [4.78, 5) is 37.2. The van der Waals surface area contributed by atoms with Gasteiger partial charge in [0.1, 0.15) is 6.54 Å². The van der Waals surface area contributed by atoms with Crippen LogP contribution in [-0.2, 0) is 9.59 Å². The fourth-order valence-corrected chi connectivity index (χ4v) is 2.25. The predicted molar refractivity (Wildman–Crippen MR) is 68.7 cm³/mol. The Bertz CT molecular complexity index is 359. The van der Waals surface area contributed by atoms with E-state index in [1.54, 1.807) is 11.9 Å². The van der Waals surface area contributed by atoms with E-state index in [-0.39, 0.29) is 30.9 Å². The highest BCUT2D eigenvalue weighted by Crippen LogP contribution is 2.20. The van der Waals surface area contributed by atoms with Gasteiger partial charge >= 0.3 is 12.0 Å². The van der Waals surface area contributed by atoms with Crippen molar-refractivity contribution in [3.63, 3.8) is 0 Å². The van der Waals surface area contributed by atoms with E-state index < -0.39 is 5.97 Å². The third-order valence-electron chi connectivity index (χ3n) is 3.27. The SMILES string of the molecule is CNC(=O)CN(C)C(=O)N1CCCCC1CC(=O)O. The largest absolute Gasteiger partial charge is 0.481 e. The van der Waals surface area contributed by atoms with Gasteiger partial charge < -0.3 is 20.2 Å². The molecule has 7 heteroatoms. The van der Waals surface area contributed by atoms with Crippen molar-refractivity contribution in [2.75, 3.05) is 27.2 Å². The fourth-order valence-electron chi connectivity index (χ4n) is 2.25. The summed E-state index contributed by atoms with van der Waals surface area (Å²) >= 11 is 0. The molecule has 1 rings (SSSR count). The summed E-state index contributed by atoms with van der Waals surface area (Å²) in [5.41, 5.74) is 0. The minimum atomic E-state index is -0.904. The second kappa shape index (κ2) is 6.96. The minimum absolute atomic E-state index is 0.0222. The van der Waals surface area contributed by atoms with Gasteiger partial charge in [0.05, 0.1) is 6.42 Å². The Labute approximate surface area is 112 Å². The molecule has 1 saturated heterocycles. The van der Waals surface area contributed by atoms with Crippen LogP contribution in [-0.4, -0.2) is 66.0 Å². The molecule has 7 nitrogen and oxygen atoms in total. The van der Waals surface area contributed by atoms with Gasteiger partial charge in [0, 0.05) is 26.7 Å². The Morgan fingerprint density at radius 2 is 2.05 bits per heavy atom. The van der Waals surface area contributed by atoms with Gasteiger partial charge in [-0.25, -0.2) is 4.79 Å². The molecule has 0 aromatic heterocycles. The molecule has 0 aliphatic carbocycles. The molecule has 2 N–H and O–H groups in total. The number of carbonyl (C=O) groups is 3. The quantitative estimate of drug-likeness (QED) is 0.759. The lowest BCUT2D eigenvalue weighted by atomic mass is 10.00. The van der Waals surface area contributed by atoms with Crippen LogP contribution in [0.5, 0.6) is 0 Å². The molecule has 1 aliphatic rings. The third kappa shape index (κ3) is 4.42. The van der Waals surface area contributed by atoms with Crippen LogP contribution in [0, 0.1) is 0 Å². The van der Waals surface area contributed by atoms with Crippen molar-refractivity contribution in [1.82, 2.24) is 15.1 Å². The van der Waals surface area contributed by atoms with Crippen molar-refractivity contribution < 1.29 is 19.5 Å². The summed E-state index contributed by atoms with van der Waals surface area (Å²) < 4.78 is 0. The average Bonchev–Trinajstić information content (AvgIpc) is 2.37. The zero-order valence-corrected chi connectivity index (χ0v) is 11.4. The van der Waals surface area contributed by atoms with E-state index in [1.807, 2.05) is 0 Å². The summed E-state index contributed by atoms with van der Waals surface area (Å²) in [5.74, 6) is -1.15. The highest BCUT2D eigenvalue weighted by Gasteiger charge is 2.30. The monoisotopic (exact) mass is 271 g/mol. The van der Waals surface area contributed by atoms with Gasteiger partial charge in [-0.15, -0.1) is 0 Å². The summed E-state index contributed by atoms with van der Waals surface area (Å²) in [5, 5.41) is 11.3. The summed E-state index contributed by atoms with van der Waals surface area (Å²) in [6, 6.07) is -0.555. The Kier molecular flexibility index (Phi) is 5.59. The lowest BCUT2D eigenvalue weighted by molar-refractivity contribution is -0.138. The predicted octanol–water partition coefficient (Wildman–Crippen LogP) is 0.113. The van der Waals surface area contributed by atoms with Gasteiger partial charge in [-0.2, -0.15) is 0 Å². The molecule has 0 aromatic rings. The highest BCUT2D eigenvalue weighted by molar-refractivity contribution is 5.84. The molecule has 1 fully saturated rings. The van der Waals surface area contributed by atoms with Crippen molar-refractivity contribution in [1.29, 1.82) is 0 Å². The fraction of sp³-hybridized carbons (Fsp3) is 0.750. The summed E-state index contributed by atoms with van der Waals surface area (Å²) in [6.45, 7) is 0.528. The van der Waals surface area contributed by atoms with Gasteiger partial charge in [-0.05, 0) is 19.3 Å². The van der Waals surface area contributed by atoms with Gasteiger partial charge in [0.25, 0.3) is 0 Å². The molecule has 1 aliphatic heterocycles. The van der Waals surface area contributed by atoms with Crippen LogP contribution in [0.4, 0.5) is 4.79 Å². The highest BCUT2D eigenvalue weighted by atomic mass is 16.4. The number of carbonyl (C=O) groups excluding carboxylic acids is 2. The molecule has 1 atom stereocenters. The molecular weight excluding hydrogens is 250 g/mol. The standard InChI is InChI=1S/C12H21N3O4/c1-13-10(16)8-14(2)12(19)15-6-4-3-5-9(15)7-11(17)18/h9H,3-8H2,1-2H3,(H,13,16)(H,17,18). The molecule has 19 heavy (non-hydrogen) atoms. The number of nitrogens with one attached hydrogen (secondary N) is 1. The van der Waals surface area contributed by atoms with Crippen LogP contribution in [0.2, 0.25) is 0 Å². The topological polar surface area (TPSA) is 90.0 Å². The van der Waals surface area contributed by atoms with Crippen molar-refractivity contribution in [2.24, 2.45) is 0 Å². The molecule has 0 saturated carbocycles. The molecule has 1 heterocycles. The van der Waals surface area contributed by atoms with Crippen LogP contribution in [0.15, 0.2) is 0 Å². The van der Waals surface area contributed by atoms with E-state index in [2.05, 4.69) is 5.32 Å². The van der Waals surface area contributed by atoms with Gasteiger partial charge in [-0.1, -0.05) is 0 Å². The van der Waals surface area contributed by atoms with E-state index >= 15 is 0 Å². The van der Waals surface area contributed by atoms with Crippen LogP contribution in [0.1, 0.15) is 25.7 Å². The number of amides is 3. The van der Waals surface area contributed by atoms with E-state index in [1.165, 1.54) is 11.9 Å². The van der Waals surface area contributed by atoms with Crippen molar-refractivity contribution in [2.45, 2.75) is 31.7 Å². The Morgan fingerprint density at radius 3 is 2.63 bits per heavy atom. The number of hydrogen-bond acceptors (Lipinski definition) is 3. The van der Waals surface area contributed by atoms with Gasteiger partial charge in [0.2, 0.25) is 5.91 Å². The third-order valence-corrected chi connectivity index (χ3v) is 3.27. The first kappa shape index (κ1) is 15.3. The summed E-state index contributed by atoms with van der Waals surface area (Å²) in [7, 11) is 3.05. The number of aliphatic carboxylic acids is 1. The molecule has 0 radical (unpaired) electrons. The van der Waals surface area contributed by atoms with E-state index in [4.69, 9.17) is 5.11 Å². The smallest absolute Gasteiger partial charge is 0.320 e. The number of likely N-dealkylation sites (N-methyl/N-ethyl adjacent to an activating group) is 2. The minimum Gasteiger partial charge on any atom is -0.481 e.